The predicted octanol–water partition coefficient (Wildman–Crippen LogP) is 3.32. The molecule has 0 atom stereocenters. The standard InChI is InChI=1S/C17H16N2O3/c1-2-21-17(20)14-9-18-15-10-19-16(8-13(14)15)22-11-12-6-4-3-5-7-12/h3-10,18H,2,11H2,1H3. The Morgan fingerprint density at radius 1 is 1.27 bits per heavy atom. The fraction of sp³-hybridized carbons (Fsp3) is 0.176. The number of benzene rings is 1. The van der Waals surface area contributed by atoms with E-state index in [9.17, 15) is 4.79 Å². The van der Waals surface area contributed by atoms with E-state index < -0.39 is 0 Å². The molecule has 2 heterocycles. The molecule has 0 amide bonds. The van der Waals surface area contributed by atoms with E-state index >= 15 is 0 Å². The quantitative estimate of drug-likeness (QED) is 0.734. The van der Waals surface area contributed by atoms with Crippen molar-refractivity contribution in [2.24, 2.45) is 0 Å². The van der Waals surface area contributed by atoms with Crippen LogP contribution in [-0.4, -0.2) is 22.5 Å². The van der Waals surface area contributed by atoms with Crippen molar-refractivity contribution in [2.45, 2.75) is 13.5 Å². The molecule has 0 aliphatic heterocycles. The fourth-order valence-electron chi connectivity index (χ4n) is 2.19. The van der Waals surface area contributed by atoms with Crippen LogP contribution in [0.15, 0.2) is 48.8 Å². The van der Waals surface area contributed by atoms with Crippen LogP contribution in [0, 0.1) is 0 Å². The molecule has 0 spiro atoms. The number of hydrogen-bond acceptors (Lipinski definition) is 4. The van der Waals surface area contributed by atoms with Gasteiger partial charge >= 0.3 is 5.97 Å². The van der Waals surface area contributed by atoms with E-state index in [1.54, 1.807) is 25.4 Å². The summed E-state index contributed by atoms with van der Waals surface area (Å²) in [4.78, 5) is 19.2. The minimum atomic E-state index is -0.353. The highest BCUT2D eigenvalue weighted by molar-refractivity contribution is 6.04. The maximum atomic E-state index is 11.9. The molecule has 112 valence electrons. The number of carbonyl (C=O) groups excluding carboxylic acids is 1. The lowest BCUT2D eigenvalue weighted by Crippen LogP contribution is -2.03. The average Bonchev–Trinajstić information content (AvgIpc) is 2.97. The van der Waals surface area contributed by atoms with Gasteiger partial charge in [-0.25, -0.2) is 9.78 Å². The van der Waals surface area contributed by atoms with Crippen LogP contribution in [0.5, 0.6) is 5.88 Å². The molecule has 5 heteroatoms. The molecule has 0 aliphatic carbocycles. The molecule has 0 saturated heterocycles. The number of rotatable bonds is 5. The molecule has 22 heavy (non-hydrogen) atoms. The molecule has 0 fully saturated rings. The summed E-state index contributed by atoms with van der Waals surface area (Å²) >= 11 is 0. The minimum absolute atomic E-state index is 0.341. The zero-order chi connectivity index (χ0) is 15.4. The first-order valence-electron chi connectivity index (χ1n) is 7.09. The van der Waals surface area contributed by atoms with Crippen molar-refractivity contribution >= 4 is 16.9 Å². The van der Waals surface area contributed by atoms with Gasteiger partial charge in [-0.3, -0.25) is 0 Å². The first-order chi connectivity index (χ1) is 10.8. The van der Waals surface area contributed by atoms with Crippen molar-refractivity contribution in [3.8, 4) is 5.88 Å². The van der Waals surface area contributed by atoms with Crippen LogP contribution in [-0.2, 0) is 11.3 Å². The number of nitrogens with zero attached hydrogens (tertiary/aromatic N) is 1. The van der Waals surface area contributed by atoms with Gasteiger partial charge in [-0.1, -0.05) is 30.3 Å². The van der Waals surface area contributed by atoms with Crippen molar-refractivity contribution in [3.63, 3.8) is 0 Å². The maximum Gasteiger partial charge on any atom is 0.340 e. The first kappa shape index (κ1) is 14.1. The number of carbonyl (C=O) groups is 1. The second kappa shape index (κ2) is 6.30. The molecule has 2 aromatic heterocycles. The van der Waals surface area contributed by atoms with E-state index in [2.05, 4.69) is 9.97 Å². The van der Waals surface area contributed by atoms with Gasteiger partial charge < -0.3 is 14.5 Å². The van der Waals surface area contributed by atoms with Crippen molar-refractivity contribution < 1.29 is 14.3 Å². The fourth-order valence-corrected chi connectivity index (χ4v) is 2.19. The largest absolute Gasteiger partial charge is 0.473 e. The van der Waals surface area contributed by atoms with Crippen LogP contribution in [0.2, 0.25) is 0 Å². The Hall–Kier alpha value is -2.82. The van der Waals surface area contributed by atoms with Gasteiger partial charge in [0.15, 0.2) is 0 Å². The summed E-state index contributed by atoms with van der Waals surface area (Å²) in [5.74, 6) is 0.121. The number of aromatic nitrogens is 2. The van der Waals surface area contributed by atoms with Crippen LogP contribution in [0.3, 0.4) is 0 Å². The van der Waals surface area contributed by atoms with Crippen molar-refractivity contribution in [1.82, 2.24) is 9.97 Å². The molecule has 3 aromatic rings. The number of pyridine rings is 1. The van der Waals surface area contributed by atoms with E-state index in [1.807, 2.05) is 30.3 Å². The highest BCUT2D eigenvalue weighted by atomic mass is 16.5. The molecule has 0 saturated carbocycles. The topological polar surface area (TPSA) is 64.2 Å². The van der Waals surface area contributed by atoms with E-state index in [0.717, 1.165) is 16.5 Å². The molecule has 1 N–H and O–H groups in total. The number of esters is 1. The summed E-state index contributed by atoms with van der Waals surface area (Å²) in [5.41, 5.74) is 2.32. The summed E-state index contributed by atoms with van der Waals surface area (Å²) in [7, 11) is 0. The molecule has 0 aliphatic rings. The van der Waals surface area contributed by atoms with Crippen LogP contribution in [0.4, 0.5) is 0 Å². The van der Waals surface area contributed by atoms with Gasteiger partial charge in [-0.05, 0) is 12.5 Å². The van der Waals surface area contributed by atoms with Gasteiger partial charge in [-0.2, -0.15) is 0 Å². The molecule has 1 aromatic carbocycles. The second-order valence-electron chi connectivity index (χ2n) is 4.77. The number of H-pyrrole nitrogens is 1. The second-order valence-corrected chi connectivity index (χ2v) is 4.77. The van der Waals surface area contributed by atoms with Crippen LogP contribution in [0.1, 0.15) is 22.8 Å². The number of fused-ring (bicyclic) bond motifs is 1. The normalized spacial score (nSPS) is 10.6. The lowest BCUT2D eigenvalue weighted by molar-refractivity contribution is 0.0529. The van der Waals surface area contributed by atoms with E-state index in [0.29, 0.717) is 24.7 Å². The summed E-state index contributed by atoms with van der Waals surface area (Å²) < 4.78 is 10.7. The van der Waals surface area contributed by atoms with E-state index in [1.165, 1.54) is 0 Å². The lowest BCUT2D eigenvalue weighted by Gasteiger charge is -2.06. The molecule has 5 nitrogen and oxygen atoms in total. The number of ether oxygens (including phenoxy) is 2. The maximum absolute atomic E-state index is 11.9. The molecule has 0 bridgehead atoms. The van der Waals surface area contributed by atoms with E-state index in [4.69, 9.17) is 9.47 Å². The number of aromatic amines is 1. The number of nitrogens with one attached hydrogen (secondary N) is 1. The van der Waals surface area contributed by atoms with Gasteiger partial charge in [0.25, 0.3) is 0 Å². The molecule has 3 rings (SSSR count). The van der Waals surface area contributed by atoms with Crippen LogP contribution >= 0.6 is 0 Å². The Morgan fingerprint density at radius 2 is 2.09 bits per heavy atom. The highest BCUT2D eigenvalue weighted by Crippen LogP contribution is 2.22. The highest BCUT2D eigenvalue weighted by Gasteiger charge is 2.14. The molecule has 0 unspecified atom stereocenters. The van der Waals surface area contributed by atoms with E-state index in [-0.39, 0.29) is 5.97 Å². The van der Waals surface area contributed by atoms with Gasteiger partial charge in [0.05, 0.1) is 23.9 Å². The lowest BCUT2D eigenvalue weighted by atomic mass is 10.2. The third kappa shape index (κ3) is 2.93. The van der Waals surface area contributed by atoms with Crippen LogP contribution < -0.4 is 4.74 Å². The third-order valence-corrected chi connectivity index (χ3v) is 3.27. The predicted molar refractivity (Wildman–Crippen MR) is 82.8 cm³/mol. The molecule has 0 radical (unpaired) electrons. The minimum Gasteiger partial charge on any atom is -0.473 e. The Balaban J connectivity index is 1.82. The summed E-state index contributed by atoms with van der Waals surface area (Å²) in [6.45, 7) is 2.55. The zero-order valence-electron chi connectivity index (χ0n) is 12.2. The van der Waals surface area contributed by atoms with Crippen molar-refractivity contribution in [3.05, 3.63) is 59.9 Å². The van der Waals surface area contributed by atoms with Gasteiger partial charge in [0.1, 0.15) is 6.61 Å². The summed E-state index contributed by atoms with van der Waals surface area (Å²) in [5, 5.41) is 0.747. The zero-order valence-corrected chi connectivity index (χ0v) is 12.2. The third-order valence-electron chi connectivity index (χ3n) is 3.27. The Kier molecular flexibility index (Phi) is 4.05. The SMILES string of the molecule is CCOC(=O)c1c[nH]c2cnc(OCc3ccccc3)cc12. The Morgan fingerprint density at radius 3 is 2.86 bits per heavy atom. The summed E-state index contributed by atoms with van der Waals surface area (Å²) in [6.07, 6.45) is 3.28. The molecular formula is C17H16N2O3. The average molecular weight is 296 g/mol. The monoisotopic (exact) mass is 296 g/mol. The first-order valence-corrected chi connectivity index (χ1v) is 7.09. The molecular weight excluding hydrogens is 280 g/mol. The Bertz CT molecular complexity index is 781. The van der Waals surface area contributed by atoms with Gasteiger partial charge in [0, 0.05) is 17.6 Å². The van der Waals surface area contributed by atoms with Crippen molar-refractivity contribution in [1.29, 1.82) is 0 Å². The van der Waals surface area contributed by atoms with Crippen molar-refractivity contribution in [2.75, 3.05) is 6.61 Å². The summed E-state index contributed by atoms with van der Waals surface area (Å²) in [6, 6.07) is 11.6. The number of hydrogen-bond donors (Lipinski definition) is 1. The van der Waals surface area contributed by atoms with Crippen LogP contribution in [0.25, 0.3) is 10.9 Å². The Labute approximate surface area is 127 Å². The smallest absolute Gasteiger partial charge is 0.340 e. The van der Waals surface area contributed by atoms with Gasteiger partial charge in [0.2, 0.25) is 5.88 Å². The van der Waals surface area contributed by atoms with Gasteiger partial charge in [-0.15, -0.1) is 0 Å².